The first-order chi connectivity index (χ1) is 15.9. The van der Waals surface area contributed by atoms with E-state index in [0.29, 0.717) is 31.8 Å². The predicted molar refractivity (Wildman–Crippen MR) is 130 cm³/mol. The number of aromatic amines is 1. The molecule has 2 fully saturated rings. The van der Waals surface area contributed by atoms with Crippen LogP contribution in [-0.4, -0.2) is 63.6 Å². The number of carbonyl (C=O) groups is 1. The van der Waals surface area contributed by atoms with Gasteiger partial charge in [-0.05, 0) is 25.0 Å². The van der Waals surface area contributed by atoms with E-state index in [0.717, 1.165) is 57.6 Å². The summed E-state index contributed by atoms with van der Waals surface area (Å²) in [5.41, 5.74) is 14.7. The summed E-state index contributed by atoms with van der Waals surface area (Å²) in [5, 5.41) is 5.35. The minimum Gasteiger partial charge on any atom is -0.398 e. The lowest BCUT2D eigenvalue weighted by molar-refractivity contribution is -0.128. The normalized spacial score (nSPS) is 21.8. The quantitative estimate of drug-likeness (QED) is 0.646. The van der Waals surface area contributed by atoms with Crippen LogP contribution in [0.1, 0.15) is 31.0 Å². The largest absolute Gasteiger partial charge is 0.398 e. The summed E-state index contributed by atoms with van der Waals surface area (Å²) in [6.07, 6.45) is 5.50. The molecule has 3 N–H and O–H groups in total. The Morgan fingerprint density at radius 2 is 2.18 bits per heavy atom. The summed E-state index contributed by atoms with van der Waals surface area (Å²) in [7, 11) is 1.91. The van der Waals surface area contributed by atoms with Crippen LogP contribution in [0.3, 0.4) is 0 Å². The Hall–Kier alpha value is -3.39. The van der Waals surface area contributed by atoms with Crippen molar-refractivity contribution in [3.8, 4) is 11.1 Å². The molecule has 3 aromatic rings. The van der Waals surface area contributed by atoms with Gasteiger partial charge < -0.3 is 20.4 Å². The first-order valence-electron chi connectivity index (χ1n) is 11.4. The Labute approximate surface area is 193 Å². The molecule has 172 valence electrons. The molecule has 8 nitrogen and oxygen atoms in total. The van der Waals surface area contributed by atoms with Gasteiger partial charge in [-0.25, -0.2) is 0 Å². The standard InChI is InChI=1S/C25H30N6O2/c1-15-24(20-5-4-17(10-23(20)28-15)18-11-27-30(3)12-18)25(26)21-13-31(16(2)32)8-6-22(21)29-19-7-9-33-14-19/h4-5,10-12,19,28H,6-9,13-14,26H2,1-3H3. The topological polar surface area (TPSA) is 102 Å². The lowest BCUT2D eigenvalue weighted by atomic mass is 9.94. The molecule has 2 aliphatic heterocycles. The number of nitrogens with zero attached hydrogens (tertiary/aromatic N) is 4. The second-order valence-corrected chi connectivity index (χ2v) is 8.96. The van der Waals surface area contributed by atoms with Gasteiger partial charge in [0.1, 0.15) is 0 Å². The lowest BCUT2D eigenvalue weighted by Gasteiger charge is -2.30. The molecular formula is C25H30N6O2. The maximum atomic E-state index is 12.1. The SMILES string of the molecule is CC(=O)N1CCC(=NC2CCOC2)C(=C(N)c2c(C)[nH]c3cc(-c4cnn(C)c4)ccc23)C1. The molecule has 0 bridgehead atoms. The van der Waals surface area contributed by atoms with Gasteiger partial charge in [0.15, 0.2) is 0 Å². The molecular weight excluding hydrogens is 416 g/mol. The Morgan fingerprint density at radius 3 is 2.88 bits per heavy atom. The Morgan fingerprint density at radius 1 is 1.33 bits per heavy atom. The number of nitrogens with two attached hydrogens (primary N) is 1. The summed E-state index contributed by atoms with van der Waals surface area (Å²) in [6, 6.07) is 6.51. The summed E-state index contributed by atoms with van der Waals surface area (Å²) >= 11 is 0. The fraction of sp³-hybridized carbons (Fsp3) is 0.400. The van der Waals surface area contributed by atoms with E-state index >= 15 is 0 Å². The molecule has 5 rings (SSSR count). The molecule has 1 unspecified atom stereocenters. The molecule has 0 aliphatic carbocycles. The van der Waals surface area contributed by atoms with Crippen molar-refractivity contribution >= 4 is 28.2 Å². The number of H-pyrrole nitrogens is 1. The summed E-state index contributed by atoms with van der Waals surface area (Å²) in [5.74, 6) is 0.0558. The number of piperidine rings is 1. The number of hydrogen-bond acceptors (Lipinski definition) is 5. The predicted octanol–water partition coefficient (Wildman–Crippen LogP) is 3.03. The van der Waals surface area contributed by atoms with Crippen LogP contribution >= 0.6 is 0 Å². The Bertz CT molecular complexity index is 1280. The van der Waals surface area contributed by atoms with E-state index in [1.165, 1.54) is 0 Å². The first kappa shape index (κ1) is 21.5. The number of ether oxygens (including phenoxy) is 1. The number of likely N-dealkylation sites (tertiary alicyclic amines) is 1. The highest BCUT2D eigenvalue weighted by Crippen LogP contribution is 2.33. The highest BCUT2D eigenvalue weighted by Gasteiger charge is 2.27. The molecule has 1 atom stereocenters. The molecule has 2 aromatic heterocycles. The molecule has 4 heterocycles. The van der Waals surface area contributed by atoms with Gasteiger partial charge in [0.05, 0.1) is 18.8 Å². The van der Waals surface area contributed by atoms with E-state index in [1.54, 1.807) is 11.6 Å². The van der Waals surface area contributed by atoms with Gasteiger partial charge in [-0.1, -0.05) is 12.1 Å². The van der Waals surface area contributed by atoms with Gasteiger partial charge >= 0.3 is 0 Å². The summed E-state index contributed by atoms with van der Waals surface area (Å²) in [4.78, 5) is 22.5. The van der Waals surface area contributed by atoms with Crippen LogP contribution in [0.4, 0.5) is 0 Å². The second kappa shape index (κ2) is 8.51. The highest BCUT2D eigenvalue weighted by atomic mass is 16.5. The van der Waals surface area contributed by atoms with E-state index in [2.05, 4.69) is 28.3 Å². The fourth-order valence-electron chi connectivity index (χ4n) is 4.83. The third-order valence-corrected chi connectivity index (χ3v) is 6.62. The highest BCUT2D eigenvalue weighted by molar-refractivity contribution is 6.10. The monoisotopic (exact) mass is 446 g/mol. The Balaban J connectivity index is 1.60. The number of carbonyl (C=O) groups excluding carboxylic acids is 1. The number of amides is 1. The maximum absolute atomic E-state index is 12.1. The first-order valence-corrected chi connectivity index (χ1v) is 11.4. The van der Waals surface area contributed by atoms with E-state index in [4.69, 9.17) is 15.5 Å². The third kappa shape index (κ3) is 4.06. The van der Waals surface area contributed by atoms with Crippen LogP contribution < -0.4 is 5.73 Å². The zero-order valence-electron chi connectivity index (χ0n) is 19.4. The number of aromatic nitrogens is 3. The molecule has 0 saturated carbocycles. The Kier molecular flexibility index (Phi) is 5.54. The van der Waals surface area contributed by atoms with Crippen LogP contribution in [0.2, 0.25) is 0 Å². The molecule has 0 radical (unpaired) electrons. The smallest absolute Gasteiger partial charge is 0.219 e. The van der Waals surface area contributed by atoms with E-state index in [1.807, 2.05) is 31.3 Å². The van der Waals surface area contributed by atoms with Crippen LogP contribution in [0, 0.1) is 6.92 Å². The number of rotatable bonds is 3. The van der Waals surface area contributed by atoms with E-state index < -0.39 is 0 Å². The van der Waals surface area contributed by atoms with Crippen molar-refractivity contribution in [3.05, 3.63) is 47.4 Å². The molecule has 1 amide bonds. The molecule has 0 spiro atoms. The summed E-state index contributed by atoms with van der Waals surface area (Å²) in [6.45, 7) is 6.19. The maximum Gasteiger partial charge on any atom is 0.219 e. The number of fused-ring (bicyclic) bond motifs is 1. The molecule has 2 saturated heterocycles. The van der Waals surface area contributed by atoms with Crippen molar-refractivity contribution < 1.29 is 9.53 Å². The molecule has 33 heavy (non-hydrogen) atoms. The number of hydrogen-bond donors (Lipinski definition) is 2. The lowest BCUT2D eigenvalue weighted by Crippen LogP contribution is -2.40. The zero-order chi connectivity index (χ0) is 23.1. The van der Waals surface area contributed by atoms with E-state index in [9.17, 15) is 4.79 Å². The van der Waals surface area contributed by atoms with Gasteiger partial charge in [0, 0.05) is 91.0 Å². The average molecular weight is 447 g/mol. The fourth-order valence-corrected chi connectivity index (χ4v) is 4.83. The van der Waals surface area contributed by atoms with Crippen molar-refractivity contribution in [2.75, 3.05) is 26.3 Å². The van der Waals surface area contributed by atoms with E-state index in [-0.39, 0.29) is 11.9 Å². The molecule has 2 aliphatic rings. The van der Waals surface area contributed by atoms with Crippen molar-refractivity contribution in [3.63, 3.8) is 0 Å². The zero-order valence-corrected chi connectivity index (χ0v) is 19.4. The van der Waals surface area contributed by atoms with Gasteiger partial charge in [-0.3, -0.25) is 14.5 Å². The van der Waals surface area contributed by atoms with Gasteiger partial charge in [0.2, 0.25) is 5.91 Å². The second-order valence-electron chi connectivity index (χ2n) is 8.96. The number of benzene rings is 1. The van der Waals surface area contributed by atoms with Crippen molar-refractivity contribution in [2.24, 2.45) is 17.8 Å². The number of aryl methyl sites for hydroxylation is 2. The van der Waals surface area contributed by atoms with Gasteiger partial charge in [-0.2, -0.15) is 5.10 Å². The number of aliphatic imine (C=N–C) groups is 1. The van der Waals surface area contributed by atoms with Crippen LogP contribution in [0.25, 0.3) is 27.7 Å². The number of nitrogens with one attached hydrogen (secondary N) is 1. The minimum absolute atomic E-state index is 0.0558. The van der Waals surface area contributed by atoms with Crippen LogP contribution in [-0.2, 0) is 16.6 Å². The van der Waals surface area contributed by atoms with Crippen molar-refractivity contribution in [1.82, 2.24) is 19.7 Å². The van der Waals surface area contributed by atoms with Gasteiger partial charge in [0.25, 0.3) is 0 Å². The van der Waals surface area contributed by atoms with Crippen LogP contribution in [0.15, 0.2) is 41.2 Å². The molecule has 8 heteroatoms. The minimum atomic E-state index is 0.0558. The summed E-state index contributed by atoms with van der Waals surface area (Å²) < 4.78 is 7.32. The van der Waals surface area contributed by atoms with Crippen molar-refractivity contribution in [2.45, 2.75) is 32.7 Å². The third-order valence-electron chi connectivity index (χ3n) is 6.62. The van der Waals surface area contributed by atoms with Gasteiger partial charge in [-0.15, -0.1) is 0 Å². The van der Waals surface area contributed by atoms with Crippen LogP contribution in [0.5, 0.6) is 0 Å². The van der Waals surface area contributed by atoms with Crippen molar-refractivity contribution in [1.29, 1.82) is 0 Å². The average Bonchev–Trinajstić information content (AvgIpc) is 3.52. The molecule has 1 aromatic carbocycles.